The van der Waals surface area contributed by atoms with Gasteiger partial charge in [0.05, 0.1) is 31.2 Å². The number of allylic oxidation sites excluding steroid dienone is 10. The summed E-state index contributed by atoms with van der Waals surface area (Å²) in [5.74, 6) is 0.134. The highest BCUT2D eigenvalue weighted by atomic mass is 32.2. The fraction of sp³-hybridized carbons (Fsp3) is 0.306. The van der Waals surface area contributed by atoms with Crippen LogP contribution in [-0.2, 0) is 24.8 Å². The van der Waals surface area contributed by atoms with Gasteiger partial charge in [0.2, 0.25) is 0 Å². The predicted octanol–water partition coefficient (Wildman–Crippen LogP) is 8.39. The number of ether oxygens (including phenoxy) is 1. The fourth-order valence-corrected chi connectivity index (χ4v) is 13.2. The van der Waals surface area contributed by atoms with Gasteiger partial charge in [-0.25, -0.2) is 4.98 Å². The maximum Gasteiger partial charge on any atom is 0.197 e. The van der Waals surface area contributed by atoms with E-state index in [1.807, 2.05) is 30.4 Å². The molecule has 1 N–H and O–H groups in total. The van der Waals surface area contributed by atoms with Gasteiger partial charge in [0.25, 0.3) is 0 Å². The largest absolute Gasteiger partial charge is 0.479 e. The van der Waals surface area contributed by atoms with Gasteiger partial charge in [0.15, 0.2) is 28.9 Å². The fourth-order valence-electron chi connectivity index (χ4n) is 7.92. The number of nitrogens with one attached hydrogen (secondary N) is 1. The number of anilines is 1. The average Bonchev–Trinajstić information content (AvgIpc) is 3.91. The second kappa shape index (κ2) is 10.2. The summed E-state index contributed by atoms with van der Waals surface area (Å²) in [7, 11) is 0. The number of ketones is 4. The van der Waals surface area contributed by atoms with Gasteiger partial charge >= 0.3 is 0 Å². The van der Waals surface area contributed by atoms with Gasteiger partial charge in [0.1, 0.15) is 25.1 Å². The highest BCUT2D eigenvalue weighted by molar-refractivity contribution is 8.01. The number of carbonyl (C=O) groups is 4. The molecule has 3 aromatic heterocycles. The molecule has 47 heavy (non-hydrogen) atoms. The van der Waals surface area contributed by atoms with Crippen molar-refractivity contribution in [2.24, 2.45) is 0 Å². The van der Waals surface area contributed by atoms with E-state index in [1.165, 1.54) is 28.2 Å². The van der Waals surface area contributed by atoms with Crippen LogP contribution in [0.25, 0.3) is 25.4 Å². The molecule has 234 valence electrons. The molecule has 1 spiro atoms. The normalized spacial score (nSPS) is 23.8. The number of carbonyl (C=O) groups excluding carboxylic acids is 4. The minimum absolute atomic E-state index is 0.160. The molecule has 1 unspecified atom stereocenters. The van der Waals surface area contributed by atoms with Gasteiger partial charge < -0.3 is 10.1 Å². The summed E-state index contributed by atoms with van der Waals surface area (Å²) in [5.41, 5.74) is 3.41. The zero-order valence-electron chi connectivity index (χ0n) is 25.0. The molecule has 0 amide bonds. The molecule has 3 fully saturated rings. The number of thiazole rings is 1. The molecular formula is C36H26N2O5S4. The molecule has 3 saturated carbocycles. The minimum Gasteiger partial charge on any atom is -0.479 e. The molecule has 10 rings (SSSR count). The van der Waals surface area contributed by atoms with Crippen molar-refractivity contribution in [2.75, 3.05) is 5.32 Å². The number of fused-ring (bicyclic) bond motifs is 10. The number of thioether (sulfide) groups is 1. The third kappa shape index (κ3) is 4.00. The summed E-state index contributed by atoms with van der Waals surface area (Å²) in [6.07, 6.45) is 19.3. The van der Waals surface area contributed by atoms with E-state index < -0.39 is 5.60 Å². The monoisotopic (exact) mass is 694 g/mol. The minimum atomic E-state index is -0.465. The summed E-state index contributed by atoms with van der Waals surface area (Å²) < 4.78 is 8.09. The Morgan fingerprint density at radius 3 is 2.02 bits per heavy atom. The lowest BCUT2D eigenvalue weighted by atomic mass is 9.78. The number of rotatable bonds is 2. The molecule has 2 aliphatic heterocycles. The lowest BCUT2D eigenvalue weighted by molar-refractivity contribution is -0.116. The number of hydrogen-bond acceptors (Lipinski definition) is 11. The Morgan fingerprint density at radius 2 is 1.38 bits per heavy atom. The van der Waals surface area contributed by atoms with E-state index >= 15 is 0 Å². The first kappa shape index (κ1) is 28.4. The maximum atomic E-state index is 13.1. The van der Waals surface area contributed by atoms with Crippen molar-refractivity contribution in [3.05, 3.63) is 74.4 Å². The first-order chi connectivity index (χ1) is 22.9. The molecule has 5 heterocycles. The standard InChI is InChI=1S/C36H26N2O5S4/c39-25-16-8-2-3-9-17(16)26(40)20(25)14-22-37-34-31(44-22)24-30(46-34)32-29(43-36(24)12-6-1-7-13-36)33-35(47-32)38-23(45-33)15-21-27(41)18-10-4-5-11-19(18)28(21)42/h8-11,14-15,22,37H,1-7,12-13H2. The van der Waals surface area contributed by atoms with Crippen molar-refractivity contribution in [1.29, 1.82) is 0 Å². The Bertz CT molecular complexity index is 2170. The zero-order valence-corrected chi connectivity index (χ0v) is 28.3. The molecule has 7 nitrogen and oxygen atoms in total. The summed E-state index contributed by atoms with van der Waals surface area (Å²) in [4.78, 5) is 61.6. The lowest BCUT2D eigenvalue weighted by Gasteiger charge is -2.41. The Labute approximate surface area is 285 Å². The van der Waals surface area contributed by atoms with Crippen molar-refractivity contribution in [2.45, 2.75) is 73.7 Å². The predicted molar refractivity (Wildman–Crippen MR) is 186 cm³/mol. The maximum absolute atomic E-state index is 13.1. The second-order valence-corrected chi connectivity index (χ2v) is 17.0. The van der Waals surface area contributed by atoms with Crippen molar-refractivity contribution in [3.63, 3.8) is 0 Å². The van der Waals surface area contributed by atoms with E-state index in [2.05, 4.69) is 5.32 Å². The average molecular weight is 695 g/mol. The molecule has 11 heteroatoms. The molecule has 7 aliphatic rings. The molecule has 0 saturated heterocycles. The summed E-state index contributed by atoms with van der Waals surface area (Å²) >= 11 is 6.47. The van der Waals surface area contributed by atoms with Crippen LogP contribution in [-0.4, -0.2) is 33.5 Å². The smallest absolute Gasteiger partial charge is 0.197 e. The van der Waals surface area contributed by atoms with Crippen LogP contribution in [0.3, 0.4) is 0 Å². The van der Waals surface area contributed by atoms with Gasteiger partial charge in [-0.1, -0.05) is 42.5 Å². The van der Waals surface area contributed by atoms with E-state index in [4.69, 9.17) is 9.72 Å². The quantitative estimate of drug-likeness (QED) is 0.211. The number of nitrogens with zero attached hydrogens (tertiary/aromatic N) is 1. The summed E-state index contributed by atoms with van der Waals surface area (Å²) in [6.45, 7) is 0. The molecule has 0 radical (unpaired) electrons. The summed E-state index contributed by atoms with van der Waals surface area (Å²) in [6, 6.07) is 0. The van der Waals surface area contributed by atoms with Crippen LogP contribution in [0.2, 0.25) is 0 Å². The molecule has 1 atom stereocenters. The topological polar surface area (TPSA) is 102 Å². The molecule has 5 aliphatic carbocycles. The molecule has 0 aromatic carbocycles. The number of thiophene rings is 2. The van der Waals surface area contributed by atoms with Crippen molar-refractivity contribution in [1.82, 2.24) is 4.98 Å². The van der Waals surface area contributed by atoms with Gasteiger partial charge in [-0.05, 0) is 63.5 Å². The van der Waals surface area contributed by atoms with Crippen molar-refractivity contribution >= 4 is 89.5 Å². The molecule has 3 aromatic rings. The van der Waals surface area contributed by atoms with Crippen LogP contribution < -0.4 is 10.1 Å². The van der Waals surface area contributed by atoms with Crippen LogP contribution in [0.1, 0.15) is 68.4 Å². The third-order valence-corrected chi connectivity index (χ3v) is 14.8. The SMILES string of the molecule is O=C1C(=Cc2nc3sc4c(c3s2)OC2(CCCCC2)c2c-4sc3c2SC(C=C2C(=O)C4=CCCC=C4C2=O)N3)C(=O)C2=CCCC=C12. The van der Waals surface area contributed by atoms with E-state index in [9.17, 15) is 19.2 Å². The highest BCUT2D eigenvalue weighted by Crippen LogP contribution is 2.65. The van der Waals surface area contributed by atoms with Crippen molar-refractivity contribution < 1.29 is 23.9 Å². The van der Waals surface area contributed by atoms with Crippen LogP contribution in [0.15, 0.2) is 68.7 Å². The lowest BCUT2D eigenvalue weighted by Crippen LogP contribution is -2.37. The zero-order chi connectivity index (χ0) is 31.6. The van der Waals surface area contributed by atoms with Crippen LogP contribution in [0, 0.1) is 0 Å². The van der Waals surface area contributed by atoms with Gasteiger partial charge in [-0.3, -0.25) is 19.2 Å². The first-order valence-electron chi connectivity index (χ1n) is 16.1. The van der Waals surface area contributed by atoms with Crippen molar-refractivity contribution in [3.8, 4) is 15.5 Å². The Morgan fingerprint density at radius 1 is 0.766 bits per heavy atom. The van der Waals surface area contributed by atoms with E-state index in [1.54, 1.807) is 40.5 Å². The number of hydrogen-bond donors (Lipinski definition) is 1. The first-order valence-corrected chi connectivity index (χ1v) is 19.4. The highest BCUT2D eigenvalue weighted by Gasteiger charge is 2.49. The third-order valence-electron chi connectivity index (χ3n) is 10.1. The van der Waals surface area contributed by atoms with E-state index in [0.29, 0.717) is 27.3 Å². The molecular weight excluding hydrogens is 669 g/mol. The van der Waals surface area contributed by atoms with Gasteiger partial charge in [0, 0.05) is 27.9 Å². The Balaban J connectivity index is 1.02. The molecule has 0 bridgehead atoms. The number of aromatic nitrogens is 1. The van der Waals surface area contributed by atoms with E-state index in [0.717, 1.165) is 81.4 Å². The summed E-state index contributed by atoms with van der Waals surface area (Å²) in [5, 5.41) is 5.09. The Hall–Kier alpha value is -3.64. The second-order valence-electron chi connectivity index (χ2n) is 12.8. The Kier molecular flexibility index (Phi) is 6.15. The van der Waals surface area contributed by atoms with Gasteiger partial charge in [-0.2, -0.15) is 0 Å². The number of Topliss-reactive ketones (excluding diaryl/α,β-unsaturated/α-hetero) is 4. The van der Waals surface area contributed by atoms with E-state index in [-0.39, 0.29) is 39.7 Å². The van der Waals surface area contributed by atoms with Gasteiger partial charge in [-0.15, -0.1) is 34.0 Å². The van der Waals surface area contributed by atoms with Crippen LogP contribution >= 0.6 is 45.8 Å². The van der Waals surface area contributed by atoms with Crippen LogP contribution in [0.5, 0.6) is 5.75 Å². The van der Waals surface area contributed by atoms with Crippen LogP contribution in [0.4, 0.5) is 5.00 Å².